The lowest BCUT2D eigenvalue weighted by Crippen LogP contribution is -2.07. The van der Waals surface area contributed by atoms with Crippen molar-refractivity contribution in [2.45, 2.75) is 31.3 Å². The topological polar surface area (TPSA) is 109 Å². The van der Waals surface area contributed by atoms with Crippen molar-refractivity contribution in [1.82, 2.24) is 19.5 Å². The number of nitrogens with zero attached hydrogens (tertiary/aromatic N) is 4. The average Bonchev–Trinajstić information content (AvgIpc) is 3.23. The second kappa shape index (κ2) is 7.90. The molecule has 11 heteroatoms. The summed E-state index contributed by atoms with van der Waals surface area (Å²) >= 11 is 1.05. The quantitative estimate of drug-likeness (QED) is 0.354. The normalized spacial score (nSPS) is 11.6. The van der Waals surface area contributed by atoms with Gasteiger partial charge in [-0.2, -0.15) is 13.8 Å². The summed E-state index contributed by atoms with van der Waals surface area (Å²) in [7, 11) is 0. The molecule has 0 aliphatic heterocycles. The monoisotopic (exact) mass is 433 g/mol. The van der Waals surface area contributed by atoms with E-state index >= 15 is 0 Å². The van der Waals surface area contributed by atoms with Crippen LogP contribution in [0.15, 0.2) is 33.8 Å². The van der Waals surface area contributed by atoms with Gasteiger partial charge in [0.1, 0.15) is 23.0 Å². The number of esters is 1. The summed E-state index contributed by atoms with van der Waals surface area (Å²) < 4.78 is 38.6. The Kier molecular flexibility index (Phi) is 5.29. The highest BCUT2D eigenvalue weighted by molar-refractivity contribution is 7.98. The molecule has 0 spiro atoms. The highest BCUT2D eigenvalue weighted by Gasteiger charge is 2.24. The Hall–Kier alpha value is -3.21. The number of aryl methyl sites for hydroxylation is 1. The number of hydrogen-bond donors (Lipinski definition) is 1. The molecule has 30 heavy (non-hydrogen) atoms. The summed E-state index contributed by atoms with van der Waals surface area (Å²) in [6.07, 6.45) is 0. The number of thioether (sulfide) groups is 1. The van der Waals surface area contributed by atoms with Crippen molar-refractivity contribution in [3.05, 3.63) is 41.4 Å². The lowest BCUT2D eigenvalue weighted by Gasteiger charge is -2.07. The fraction of sp³-hybridized carbons (Fsp3) is 0.263. The van der Waals surface area contributed by atoms with Crippen LogP contribution in [0.25, 0.3) is 22.1 Å². The van der Waals surface area contributed by atoms with Gasteiger partial charge in [0.05, 0.1) is 28.8 Å². The molecule has 0 bridgehead atoms. The zero-order valence-electron chi connectivity index (χ0n) is 16.1. The van der Waals surface area contributed by atoms with Gasteiger partial charge in [-0.1, -0.05) is 23.9 Å². The van der Waals surface area contributed by atoms with Crippen LogP contribution in [0.2, 0.25) is 0 Å². The summed E-state index contributed by atoms with van der Waals surface area (Å²) in [5, 5.41) is 0.413. The number of aromatic nitrogens is 4. The van der Waals surface area contributed by atoms with Crippen LogP contribution in [0.3, 0.4) is 0 Å². The molecule has 0 aliphatic rings. The number of rotatable bonds is 6. The third-order valence-electron chi connectivity index (χ3n) is 4.37. The smallest absolute Gasteiger partial charge is 0.342 e. The fourth-order valence-corrected chi connectivity index (χ4v) is 4.01. The Morgan fingerprint density at radius 1 is 1.30 bits per heavy atom. The molecule has 0 aliphatic carbocycles. The van der Waals surface area contributed by atoms with Crippen molar-refractivity contribution >= 4 is 45.7 Å². The van der Waals surface area contributed by atoms with Gasteiger partial charge in [-0.3, -0.25) is 4.57 Å². The Labute approximate surface area is 173 Å². The molecule has 0 atom stereocenters. The van der Waals surface area contributed by atoms with E-state index in [2.05, 4.69) is 15.0 Å². The van der Waals surface area contributed by atoms with E-state index in [0.29, 0.717) is 16.8 Å². The molecule has 0 saturated heterocycles. The molecule has 0 radical (unpaired) electrons. The Morgan fingerprint density at radius 2 is 2.07 bits per heavy atom. The van der Waals surface area contributed by atoms with Crippen molar-refractivity contribution in [3.8, 4) is 0 Å². The number of anilines is 1. The van der Waals surface area contributed by atoms with E-state index in [9.17, 15) is 13.6 Å². The first-order valence-electron chi connectivity index (χ1n) is 9.01. The molecule has 0 saturated carbocycles. The number of alkyl halides is 2. The lowest BCUT2D eigenvalue weighted by atomic mass is 10.2. The number of hydrogen-bond acceptors (Lipinski definition) is 8. The number of furan rings is 1. The standard InChI is InChI=1S/C19H17F2N5O3S/c1-3-28-17(27)13-9(2)29-16-14(13)15(22)24-12(25-16)8-30-19-23-10-6-4-5-7-11(10)26(19)18(20)21/h4-7,18H,3,8H2,1-2H3,(H2,22,24,25). The van der Waals surface area contributed by atoms with Crippen LogP contribution in [-0.2, 0) is 10.5 Å². The molecular weight excluding hydrogens is 416 g/mol. The van der Waals surface area contributed by atoms with Crippen molar-refractivity contribution in [1.29, 1.82) is 0 Å². The minimum atomic E-state index is -2.74. The summed E-state index contributed by atoms with van der Waals surface area (Å²) in [4.78, 5) is 25.0. The highest BCUT2D eigenvalue weighted by atomic mass is 32.2. The maximum absolute atomic E-state index is 13.6. The summed E-state index contributed by atoms with van der Waals surface area (Å²) in [6.45, 7) is 0.753. The number of ether oxygens (including phenoxy) is 1. The molecule has 1 aromatic carbocycles. The highest BCUT2D eigenvalue weighted by Crippen LogP contribution is 2.32. The predicted molar refractivity (Wildman–Crippen MR) is 107 cm³/mol. The van der Waals surface area contributed by atoms with E-state index in [-0.39, 0.29) is 45.8 Å². The number of imidazole rings is 1. The number of carbonyl (C=O) groups excluding carboxylic acids is 1. The number of halogens is 2. The van der Waals surface area contributed by atoms with E-state index < -0.39 is 12.5 Å². The Bertz CT molecular complexity index is 1250. The third-order valence-corrected chi connectivity index (χ3v) is 5.32. The SMILES string of the molecule is CCOC(=O)c1c(C)oc2nc(CSc3nc4ccccc4n3C(F)F)nc(N)c12. The van der Waals surface area contributed by atoms with Crippen LogP contribution in [0.5, 0.6) is 0 Å². The molecule has 0 fully saturated rings. The van der Waals surface area contributed by atoms with E-state index in [4.69, 9.17) is 14.9 Å². The number of fused-ring (bicyclic) bond motifs is 2. The molecule has 3 aromatic heterocycles. The van der Waals surface area contributed by atoms with Crippen molar-refractivity contribution in [3.63, 3.8) is 0 Å². The number of nitrogens with two attached hydrogens (primary N) is 1. The van der Waals surface area contributed by atoms with Crippen LogP contribution in [-0.4, -0.2) is 32.1 Å². The van der Waals surface area contributed by atoms with Gasteiger partial charge in [0.25, 0.3) is 0 Å². The lowest BCUT2D eigenvalue weighted by molar-refractivity contribution is 0.0526. The average molecular weight is 433 g/mol. The number of benzene rings is 1. The Morgan fingerprint density at radius 3 is 2.80 bits per heavy atom. The van der Waals surface area contributed by atoms with Gasteiger partial charge in [-0.15, -0.1) is 0 Å². The number of para-hydroxylation sites is 2. The van der Waals surface area contributed by atoms with Gasteiger partial charge in [-0.25, -0.2) is 14.8 Å². The van der Waals surface area contributed by atoms with Crippen molar-refractivity contribution in [2.24, 2.45) is 0 Å². The summed E-state index contributed by atoms with van der Waals surface area (Å²) in [5.41, 5.74) is 7.18. The first-order valence-corrected chi connectivity index (χ1v) is 9.99. The maximum atomic E-state index is 13.6. The summed E-state index contributed by atoms with van der Waals surface area (Å²) in [5.74, 6) is 0.190. The van der Waals surface area contributed by atoms with Gasteiger partial charge in [-0.05, 0) is 26.0 Å². The fourth-order valence-electron chi connectivity index (χ4n) is 3.14. The largest absolute Gasteiger partial charge is 0.462 e. The van der Waals surface area contributed by atoms with Crippen molar-refractivity contribution < 1.29 is 22.7 Å². The molecule has 156 valence electrons. The second-order valence-electron chi connectivity index (χ2n) is 6.28. The first kappa shape index (κ1) is 20.1. The molecule has 8 nitrogen and oxygen atoms in total. The number of carbonyl (C=O) groups is 1. The van der Waals surface area contributed by atoms with Crippen LogP contribution < -0.4 is 5.73 Å². The van der Waals surface area contributed by atoms with Crippen LogP contribution in [0.4, 0.5) is 14.6 Å². The molecule has 3 heterocycles. The zero-order chi connectivity index (χ0) is 21.4. The minimum Gasteiger partial charge on any atom is -0.462 e. The number of nitrogen functional groups attached to an aromatic ring is 1. The maximum Gasteiger partial charge on any atom is 0.342 e. The van der Waals surface area contributed by atoms with Gasteiger partial charge in [0.2, 0.25) is 5.71 Å². The third kappa shape index (κ3) is 3.45. The molecule has 2 N–H and O–H groups in total. The van der Waals surface area contributed by atoms with Crippen LogP contribution in [0, 0.1) is 6.92 Å². The van der Waals surface area contributed by atoms with E-state index in [0.717, 1.165) is 16.3 Å². The Balaban J connectivity index is 1.67. The molecule has 4 rings (SSSR count). The molecule has 0 unspecified atom stereocenters. The van der Waals surface area contributed by atoms with Gasteiger partial charge >= 0.3 is 12.5 Å². The second-order valence-corrected chi connectivity index (χ2v) is 7.22. The van der Waals surface area contributed by atoms with E-state index in [1.165, 1.54) is 0 Å². The van der Waals surface area contributed by atoms with Gasteiger partial charge in [0.15, 0.2) is 5.16 Å². The molecular formula is C19H17F2N5O3S. The summed E-state index contributed by atoms with van der Waals surface area (Å²) in [6, 6.07) is 6.66. The van der Waals surface area contributed by atoms with Gasteiger partial charge < -0.3 is 14.9 Å². The van der Waals surface area contributed by atoms with Crippen LogP contribution >= 0.6 is 11.8 Å². The first-order chi connectivity index (χ1) is 14.4. The van der Waals surface area contributed by atoms with Crippen molar-refractivity contribution in [2.75, 3.05) is 12.3 Å². The minimum absolute atomic E-state index is 0.0536. The molecule has 0 amide bonds. The molecule has 4 aromatic rings. The predicted octanol–water partition coefficient (Wildman–Crippen LogP) is 4.33. The van der Waals surface area contributed by atoms with E-state index in [1.807, 2.05) is 0 Å². The van der Waals surface area contributed by atoms with Gasteiger partial charge in [0, 0.05) is 0 Å². The van der Waals surface area contributed by atoms with E-state index in [1.54, 1.807) is 38.1 Å². The zero-order valence-corrected chi connectivity index (χ0v) is 16.9. The van der Waals surface area contributed by atoms with Crippen LogP contribution in [0.1, 0.15) is 35.4 Å².